The number of hydrogen-bond acceptors (Lipinski definition) is 6. The number of esters is 1. The van der Waals surface area contributed by atoms with Gasteiger partial charge in [-0.25, -0.2) is 0 Å². The molecule has 4 fully saturated rings. The number of carbonyl (C=O) groups excluding carboxylic acids is 2. The minimum absolute atomic E-state index is 0.103. The minimum Gasteiger partial charge on any atom is -0.432 e. The van der Waals surface area contributed by atoms with Crippen LogP contribution in [-0.2, 0) is 23.8 Å². The van der Waals surface area contributed by atoms with Crippen molar-refractivity contribution in [3.8, 4) is 0 Å². The van der Waals surface area contributed by atoms with Gasteiger partial charge in [-0.3, -0.25) is 9.59 Å². The van der Waals surface area contributed by atoms with E-state index in [1.165, 1.54) is 7.11 Å². The molecule has 2 aliphatic carbocycles. The van der Waals surface area contributed by atoms with E-state index in [0.29, 0.717) is 0 Å². The van der Waals surface area contributed by atoms with Crippen molar-refractivity contribution in [1.29, 1.82) is 0 Å². The van der Waals surface area contributed by atoms with Crippen LogP contribution in [0.5, 0.6) is 0 Å². The van der Waals surface area contributed by atoms with Crippen molar-refractivity contribution in [2.75, 3.05) is 7.11 Å². The lowest BCUT2D eigenvalue weighted by molar-refractivity contribution is -0.238. The lowest BCUT2D eigenvalue weighted by Gasteiger charge is -2.60. The van der Waals surface area contributed by atoms with Crippen LogP contribution in [0.15, 0.2) is 0 Å². The maximum absolute atomic E-state index is 12.5. The van der Waals surface area contributed by atoms with Crippen LogP contribution >= 0.6 is 0 Å². The number of cyclic esters (lactones) is 1. The van der Waals surface area contributed by atoms with E-state index in [9.17, 15) is 14.7 Å². The summed E-state index contributed by atoms with van der Waals surface area (Å²) in [5, 5.41) is 11.1. The standard InChI is InChI=1S/C18H26O6/c1-9(19)16(2)6-5-7-17(3)10-8-11(20)23-15(22-4)18(10)14(24-18)12(21)13(16)17/h10,12-15,21H,5-8H2,1-4H3/t10-,12+,13+,14-,15+,16-,17-,18+/m1/s1. The smallest absolute Gasteiger partial charge is 0.308 e. The Morgan fingerprint density at radius 3 is 2.67 bits per heavy atom. The van der Waals surface area contributed by atoms with Crippen molar-refractivity contribution < 1.29 is 28.9 Å². The molecule has 2 aliphatic heterocycles. The second kappa shape index (κ2) is 4.80. The molecule has 0 amide bonds. The van der Waals surface area contributed by atoms with Gasteiger partial charge in [0.1, 0.15) is 11.9 Å². The maximum Gasteiger partial charge on any atom is 0.308 e. The summed E-state index contributed by atoms with van der Waals surface area (Å²) in [6.07, 6.45) is 0.815. The molecule has 2 saturated heterocycles. The molecule has 0 unspecified atom stereocenters. The molecular weight excluding hydrogens is 312 g/mol. The van der Waals surface area contributed by atoms with Gasteiger partial charge in [-0.15, -0.1) is 0 Å². The Balaban J connectivity index is 1.83. The number of aliphatic hydroxyl groups excluding tert-OH is 1. The molecule has 1 spiro atoms. The number of ether oxygens (including phenoxy) is 3. The molecule has 8 atom stereocenters. The van der Waals surface area contributed by atoms with Gasteiger partial charge in [0.25, 0.3) is 0 Å². The molecule has 1 N–H and O–H groups in total. The molecule has 6 nitrogen and oxygen atoms in total. The van der Waals surface area contributed by atoms with E-state index < -0.39 is 29.5 Å². The summed E-state index contributed by atoms with van der Waals surface area (Å²) in [5.74, 6) is -0.510. The van der Waals surface area contributed by atoms with Crippen LogP contribution in [0.4, 0.5) is 0 Å². The van der Waals surface area contributed by atoms with Crippen molar-refractivity contribution in [3.63, 3.8) is 0 Å². The van der Waals surface area contributed by atoms with Crippen LogP contribution in [0, 0.1) is 22.7 Å². The summed E-state index contributed by atoms with van der Waals surface area (Å²) in [6, 6.07) is 0. The first-order chi connectivity index (χ1) is 11.2. The zero-order valence-corrected chi connectivity index (χ0v) is 14.7. The second-order valence-electron chi connectivity index (χ2n) is 8.51. The predicted octanol–water partition coefficient (Wildman–Crippen LogP) is 1.44. The summed E-state index contributed by atoms with van der Waals surface area (Å²) >= 11 is 0. The van der Waals surface area contributed by atoms with Gasteiger partial charge in [0.2, 0.25) is 6.29 Å². The molecule has 4 rings (SSSR count). The largest absolute Gasteiger partial charge is 0.432 e. The van der Waals surface area contributed by atoms with Crippen LogP contribution < -0.4 is 0 Å². The van der Waals surface area contributed by atoms with E-state index in [0.717, 1.165) is 19.3 Å². The van der Waals surface area contributed by atoms with Crippen LogP contribution in [0.2, 0.25) is 0 Å². The quantitative estimate of drug-likeness (QED) is 0.606. The fourth-order valence-electron chi connectivity index (χ4n) is 6.33. The number of rotatable bonds is 2. The molecule has 0 aromatic heterocycles. The van der Waals surface area contributed by atoms with Crippen LogP contribution in [0.25, 0.3) is 0 Å². The lowest BCUT2D eigenvalue weighted by Crippen LogP contribution is -2.67. The monoisotopic (exact) mass is 338 g/mol. The van der Waals surface area contributed by atoms with Crippen molar-refractivity contribution in [2.45, 2.75) is 70.6 Å². The summed E-state index contributed by atoms with van der Waals surface area (Å²) < 4.78 is 16.8. The minimum atomic E-state index is -0.785. The van der Waals surface area contributed by atoms with E-state index in [4.69, 9.17) is 14.2 Å². The Morgan fingerprint density at radius 1 is 1.33 bits per heavy atom. The molecule has 0 radical (unpaired) electrons. The second-order valence-corrected chi connectivity index (χ2v) is 8.51. The first kappa shape index (κ1) is 16.5. The average molecular weight is 338 g/mol. The highest BCUT2D eigenvalue weighted by atomic mass is 16.7. The molecule has 134 valence electrons. The maximum atomic E-state index is 12.5. The molecule has 0 bridgehead atoms. The number of ketones is 1. The summed E-state index contributed by atoms with van der Waals surface area (Å²) in [4.78, 5) is 24.6. The van der Waals surface area contributed by atoms with Crippen LogP contribution in [-0.4, -0.2) is 48.1 Å². The fraction of sp³-hybridized carbons (Fsp3) is 0.889. The molecule has 2 heterocycles. The molecule has 0 aromatic carbocycles. The fourth-order valence-corrected chi connectivity index (χ4v) is 6.33. The molecular formula is C18H26O6. The van der Waals surface area contributed by atoms with Crippen molar-refractivity contribution >= 4 is 11.8 Å². The molecule has 4 aliphatic rings. The first-order valence-electron chi connectivity index (χ1n) is 8.81. The highest BCUT2D eigenvalue weighted by Gasteiger charge is 2.82. The van der Waals surface area contributed by atoms with E-state index in [-0.39, 0.29) is 35.4 Å². The number of methoxy groups -OCH3 is 1. The predicted molar refractivity (Wildman–Crippen MR) is 82.8 cm³/mol. The zero-order chi connectivity index (χ0) is 17.5. The van der Waals surface area contributed by atoms with Gasteiger partial charge in [0.15, 0.2) is 5.60 Å². The van der Waals surface area contributed by atoms with E-state index >= 15 is 0 Å². The van der Waals surface area contributed by atoms with Gasteiger partial charge in [-0.05, 0) is 25.2 Å². The van der Waals surface area contributed by atoms with E-state index in [1.54, 1.807) is 6.92 Å². The number of fused-ring (bicyclic) bond motifs is 2. The highest BCUT2D eigenvalue weighted by molar-refractivity contribution is 5.83. The summed E-state index contributed by atoms with van der Waals surface area (Å²) in [6.45, 7) is 5.68. The lowest BCUT2D eigenvalue weighted by atomic mass is 9.43. The van der Waals surface area contributed by atoms with Crippen molar-refractivity contribution in [1.82, 2.24) is 0 Å². The Hall–Kier alpha value is -0.980. The molecule has 2 saturated carbocycles. The third-order valence-corrected chi connectivity index (χ3v) is 7.52. The first-order valence-corrected chi connectivity index (χ1v) is 8.81. The van der Waals surface area contributed by atoms with Gasteiger partial charge in [0, 0.05) is 24.4 Å². The molecule has 0 aromatic rings. The van der Waals surface area contributed by atoms with Gasteiger partial charge in [0.05, 0.1) is 12.5 Å². The SMILES string of the molecule is CO[C@H]1OC(=O)C[C@@H]2[C@@]3(C)CCC[C@](C)(C(C)=O)[C@@H]3[C@H](O)[C@H]3O[C@]132. The Labute approximate surface area is 141 Å². The topological polar surface area (TPSA) is 85.4 Å². The van der Waals surface area contributed by atoms with Gasteiger partial charge < -0.3 is 19.3 Å². The third kappa shape index (κ3) is 1.72. The number of aliphatic hydroxyl groups is 1. The van der Waals surface area contributed by atoms with Crippen molar-refractivity contribution in [2.24, 2.45) is 22.7 Å². The highest BCUT2D eigenvalue weighted by Crippen LogP contribution is 2.70. The zero-order valence-electron chi connectivity index (χ0n) is 14.7. The van der Waals surface area contributed by atoms with Gasteiger partial charge in [-0.2, -0.15) is 0 Å². The van der Waals surface area contributed by atoms with Crippen molar-refractivity contribution in [3.05, 3.63) is 0 Å². The number of carbonyl (C=O) groups is 2. The van der Waals surface area contributed by atoms with E-state index in [2.05, 4.69) is 6.92 Å². The molecule has 24 heavy (non-hydrogen) atoms. The Kier molecular flexibility index (Phi) is 3.30. The van der Waals surface area contributed by atoms with E-state index in [1.807, 2.05) is 6.92 Å². The Morgan fingerprint density at radius 2 is 2.04 bits per heavy atom. The summed E-state index contributed by atoms with van der Waals surface area (Å²) in [7, 11) is 1.50. The number of hydrogen-bond donors (Lipinski definition) is 1. The Bertz CT molecular complexity index is 604. The normalized spacial score (nSPS) is 55.7. The van der Waals surface area contributed by atoms with Gasteiger partial charge in [-0.1, -0.05) is 20.3 Å². The van der Waals surface area contributed by atoms with Gasteiger partial charge >= 0.3 is 5.97 Å². The third-order valence-electron chi connectivity index (χ3n) is 7.52. The molecule has 6 heteroatoms. The summed E-state index contributed by atoms with van der Waals surface area (Å²) in [5.41, 5.74) is -1.71. The van der Waals surface area contributed by atoms with Crippen LogP contribution in [0.3, 0.4) is 0 Å². The average Bonchev–Trinajstić information content (AvgIpc) is 3.24. The number of Topliss-reactive ketones (excluding diaryl/α,β-unsaturated/α-hetero) is 1. The number of epoxide rings is 1. The van der Waals surface area contributed by atoms with Crippen LogP contribution in [0.1, 0.15) is 46.5 Å².